The first-order chi connectivity index (χ1) is 12.8. The van der Waals surface area contributed by atoms with Gasteiger partial charge >= 0.3 is 0 Å². The van der Waals surface area contributed by atoms with Crippen LogP contribution in [0.1, 0.15) is 5.56 Å². The zero-order valence-corrected chi connectivity index (χ0v) is 14.2. The van der Waals surface area contributed by atoms with Crippen LogP contribution in [0.3, 0.4) is 0 Å². The lowest BCUT2D eigenvalue weighted by atomic mass is 10.2. The Hall–Kier alpha value is -3.68. The van der Waals surface area contributed by atoms with Gasteiger partial charge in [-0.2, -0.15) is 9.62 Å². The first kappa shape index (κ1) is 15.8. The molecule has 4 aromatic rings. The van der Waals surface area contributed by atoms with Crippen LogP contribution < -0.4 is 14.9 Å². The highest BCUT2D eigenvalue weighted by Crippen LogP contribution is 2.25. The Morgan fingerprint density at radius 1 is 1.08 bits per heavy atom. The number of hydrogen-bond donors (Lipinski definition) is 1. The molecule has 130 valence electrons. The van der Waals surface area contributed by atoms with Crippen LogP contribution in [-0.4, -0.2) is 40.2 Å². The molecule has 2 heterocycles. The highest BCUT2D eigenvalue weighted by atomic mass is 16.5. The van der Waals surface area contributed by atoms with Crippen molar-refractivity contribution in [2.75, 3.05) is 19.6 Å². The Kier molecular flexibility index (Phi) is 4.06. The summed E-state index contributed by atoms with van der Waals surface area (Å²) in [6.45, 7) is 0. The van der Waals surface area contributed by atoms with Crippen molar-refractivity contribution in [1.82, 2.24) is 19.8 Å². The van der Waals surface area contributed by atoms with Gasteiger partial charge in [0.2, 0.25) is 0 Å². The topological polar surface area (TPSA) is 85.9 Å². The van der Waals surface area contributed by atoms with E-state index in [0.717, 1.165) is 22.1 Å². The maximum atomic E-state index is 5.35. The molecule has 0 bridgehead atoms. The third-order valence-electron chi connectivity index (χ3n) is 3.97. The lowest BCUT2D eigenvalue weighted by Crippen LogP contribution is -2.01. The second kappa shape index (κ2) is 6.67. The molecule has 2 aromatic carbocycles. The molecule has 2 aromatic heterocycles. The van der Waals surface area contributed by atoms with Crippen molar-refractivity contribution in [2.45, 2.75) is 0 Å². The number of aromatic nitrogens is 4. The number of nitrogens with zero attached hydrogens (tertiary/aromatic N) is 5. The van der Waals surface area contributed by atoms with Gasteiger partial charge in [-0.1, -0.05) is 24.3 Å². The van der Waals surface area contributed by atoms with Crippen molar-refractivity contribution in [3.8, 4) is 11.5 Å². The van der Waals surface area contributed by atoms with Gasteiger partial charge in [-0.05, 0) is 18.2 Å². The average molecular weight is 348 g/mol. The van der Waals surface area contributed by atoms with Gasteiger partial charge in [-0.3, -0.25) is 5.43 Å². The molecule has 26 heavy (non-hydrogen) atoms. The number of rotatable bonds is 5. The zero-order valence-electron chi connectivity index (χ0n) is 14.2. The highest BCUT2D eigenvalue weighted by molar-refractivity contribution is 6.00. The van der Waals surface area contributed by atoms with E-state index >= 15 is 0 Å². The van der Waals surface area contributed by atoms with E-state index in [4.69, 9.17) is 9.47 Å². The van der Waals surface area contributed by atoms with Gasteiger partial charge < -0.3 is 9.47 Å². The predicted molar refractivity (Wildman–Crippen MR) is 99.1 cm³/mol. The maximum absolute atomic E-state index is 5.35. The minimum absolute atomic E-state index is 0.603. The Morgan fingerprint density at radius 3 is 2.73 bits per heavy atom. The summed E-state index contributed by atoms with van der Waals surface area (Å²) < 4.78 is 12.2. The number of ether oxygens (including phenoxy) is 2. The number of methoxy groups -OCH3 is 2. The van der Waals surface area contributed by atoms with Crippen molar-refractivity contribution in [1.29, 1.82) is 0 Å². The molecule has 0 atom stereocenters. The minimum atomic E-state index is 0.603. The van der Waals surface area contributed by atoms with Crippen LogP contribution in [0.5, 0.6) is 11.5 Å². The fourth-order valence-electron chi connectivity index (χ4n) is 2.71. The molecule has 8 nitrogen and oxygen atoms in total. The number of hydrazone groups is 1. The summed E-state index contributed by atoms with van der Waals surface area (Å²) in [5.74, 6) is 2.02. The third kappa shape index (κ3) is 2.77. The van der Waals surface area contributed by atoms with E-state index in [1.165, 1.54) is 0 Å². The largest absolute Gasteiger partial charge is 0.497 e. The number of hydrogen-bond acceptors (Lipinski definition) is 7. The van der Waals surface area contributed by atoms with Crippen molar-refractivity contribution in [3.63, 3.8) is 0 Å². The molecular weight excluding hydrogens is 332 g/mol. The van der Waals surface area contributed by atoms with Crippen molar-refractivity contribution < 1.29 is 9.47 Å². The van der Waals surface area contributed by atoms with Gasteiger partial charge in [-0.15, -0.1) is 15.3 Å². The molecule has 0 saturated carbocycles. The van der Waals surface area contributed by atoms with Crippen LogP contribution in [-0.2, 0) is 0 Å². The quantitative estimate of drug-likeness (QED) is 0.441. The monoisotopic (exact) mass is 348 g/mol. The van der Waals surface area contributed by atoms with Crippen molar-refractivity contribution in [2.24, 2.45) is 5.10 Å². The van der Waals surface area contributed by atoms with Crippen LogP contribution in [0.2, 0.25) is 0 Å². The van der Waals surface area contributed by atoms with Crippen molar-refractivity contribution in [3.05, 3.63) is 54.4 Å². The maximum Gasteiger partial charge on any atom is 0.185 e. The highest BCUT2D eigenvalue weighted by Gasteiger charge is 2.09. The lowest BCUT2D eigenvalue weighted by molar-refractivity contribution is 0.402. The first-order valence-corrected chi connectivity index (χ1v) is 7.90. The number of nitrogens with one attached hydrogen (secondary N) is 1. The molecule has 1 N–H and O–H groups in total. The summed E-state index contributed by atoms with van der Waals surface area (Å²) in [5, 5.41) is 18.7. The molecule has 0 aliphatic carbocycles. The summed E-state index contributed by atoms with van der Waals surface area (Å²) in [4.78, 5) is 0. The summed E-state index contributed by atoms with van der Waals surface area (Å²) in [6, 6.07) is 13.3. The van der Waals surface area contributed by atoms with E-state index in [1.54, 1.807) is 31.3 Å². The fraction of sp³-hybridized carbons (Fsp3) is 0.111. The van der Waals surface area contributed by atoms with E-state index in [1.807, 2.05) is 42.5 Å². The van der Waals surface area contributed by atoms with Crippen LogP contribution in [0.25, 0.3) is 16.4 Å². The predicted octanol–water partition coefficient (Wildman–Crippen LogP) is 2.74. The van der Waals surface area contributed by atoms with E-state index in [0.29, 0.717) is 17.2 Å². The SMILES string of the molecule is COc1ccc(OC)c(C=NNc2nn3cnnc3c3ccccc23)c1. The van der Waals surface area contributed by atoms with Gasteiger partial charge in [0.05, 0.1) is 20.4 Å². The van der Waals surface area contributed by atoms with Gasteiger partial charge in [0, 0.05) is 16.3 Å². The Bertz CT molecular complexity index is 1110. The molecule has 0 aliphatic rings. The molecule has 0 fully saturated rings. The molecule has 0 unspecified atom stereocenters. The van der Waals surface area contributed by atoms with Gasteiger partial charge in [-0.25, -0.2) is 0 Å². The van der Waals surface area contributed by atoms with Gasteiger partial charge in [0.1, 0.15) is 17.8 Å². The minimum Gasteiger partial charge on any atom is -0.497 e. The second-order valence-corrected chi connectivity index (χ2v) is 5.47. The molecule has 8 heteroatoms. The van der Waals surface area contributed by atoms with E-state index in [9.17, 15) is 0 Å². The molecule has 0 saturated heterocycles. The van der Waals surface area contributed by atoms with Crippen LogP contribution in [0, 0.1) is 0 Å². The van der Waals surface area contributed by atoms with Gasteiger partial charge in [0.25, 0.3) is 0 Å². The number of anilines is 1. The van der Waals surface area contributed by atoms with Crippen LogP contribution in [0.4, 0.5) is 5.82 Å². The van der Waals surface area contributed by atoms with Crippen LogP contribution in [0.15, 0.2) is 53.9 Å². The smallest absolute Gasteiger partial charge is 0.185 e. The lowest BCUT2D eigenvalue weighted by Gasteiger charge is -2.08. The summed E-state index contributed by atoms with van der Waals surface area (Å²) in [6.07, 6.45) is 3.22. The second-order valence-electron chi connectivity index (χ2n) is 5.47. The summed E-state index contributed by atoms with van der Waals surface area (Å²) >= 11 is 0. The first-order valence-electron chi connectivity index (χ1n) is 7.90. The van der Waals surface area contributed by atoms with E-state index in [2.05, 4.69) is 25.8 Å². The molecular formula is C18H16N6O2. The van der Waals surface area contributed by atoms with E-state index < -0.39 is 0 Å². The molecule has 0 aliphatic heterocycles. The van der Waals surface area contributed by atoms with Gasteiger partial charge in [0.15, 0.2) is 11.5 Å². The zero-order chi connectivity index (χ0) is 17.9. The van der Waals surface area contributed by atoms with E-state index in [-0.39, 0.29) is 0 Å². The Labute approximate surface area is 149 Å². The summed E-state index contributed by atoms with van der Waals surface area (Å²) in [7, 11) is 3.23. The average Bonchev–Trinajstić information content (AvgIpc) is 3.16. The van der Waals surface area contributed by atoms with Crippen molar-refractivity contribution >= 4 is 28.5 Å². The standard InChI is InChI=1S/C18H16N6O2/c1-25-13-7-8-16(26-2)12(9-13)10-19-21-17-14-5-3-4-6-15(14)18-22-20-11-24(18)23-17/h3-11H,1-2H3,(H,21,23). The normalized spacial score (nSPS) is 11.3. The molecule has 0 amide bonds. The Morgan fingerprint density at radius 2 is 1.92 bits per heavy atom. The fourth-order valence-corrected chi connectivity index (χ4v) is 2.71. The number of benzene rings is 2. The number of fused-ring (bicyclic) bond motifs is 3. The summed E-state index contributed by atoms with van der Waals surface area (Å²) in [5.41, 5.74) is 4.48. The van der Waals surface area contributed by atoms with Crippen LogP contribution >= 0.6 is 0 Å². The molecule has 0 radical (unpaired) electrons. The molecule has 4 rings (SSSR count). The molecule has 0 spiro atoms. The Balaban J connectivity index is 1.70. The third-order valence-corrected chi connectivity index (χ3v) is 3.97.